The predicted octanol–water partition coefficient (Wildman–Crippen LogP) is 0.410. The van der Waals surface area contributed by atoms with Crippen LogP contribution < -0.4 is 0 Å². The van der Waals surface area contributed by atoms with E-state index >= 15 is 0 Å². The third-order valence-electron chi connectivity index (χ3n) is 2.21. The molecule has 0 atom stereocenters. The fourth-order valence-electron chi connectivity index (χ4n) is 1.52. The fourth-order valence-corrected chi connectivity index (χ4v) is 1.52. The van der Waals surface area contributed by atoms with Crippen LogP contribution in [0.15, 0.2) is 18.5 Å². The van der Waals surface area contributed by atoms with Crippen LogP contribution in [0.2, 0.25) is 0 Å². The summed E-state index contributed by atoms with van der Waals surface area (Å²) in [6.07, 6.45) is 4.15. The lowest BCUT2D eigenvalue weighted by Crippen LogP contribution is -2.05. The van der Waals surface area contributed by atoms with Crippen molar-refractivity contribution in [1.29, 1.82) is 0 Å². The minimum Gasteiger partial charge on any atom is -0.396 e. The van der Waals surface area contributed by atoms with Gasteiger partial charge in [-0.3, -0.25) is 0 Å². The van der Waals surface area contributed by atoms with Crippen LogP contribution in [0.25, 0.3) is 5.65 Å². The number of rotatable bonds is 4. The zero-order valence-corrected chi connectivity index (χ0v) is 8.55. The van der Waals surface area contributed by atoms with Gasteiger partial charge in [0.15, 0.2) is 5.65 Å². The molecule has 0 fully saturated rings. The van der Waals surface area contributed by atoms with Crippen LogP contribution in [0.3, 0.4) is 0 Å². The van der Waals surface area contributed by atoms with Crippen LogP contribution in [0.1, 0.15) is 11.3 Å². The molecule has 0 radical (unpaired) electrons. The normalized spacial score (nSPS) is 11.1. The molecular formula is C10H13N3O2. The molecule has 2 aromatic heterocycles. The Morgan fingerprint density at radius 2 is 2.40 bits per heavy atom. The Morgan fingerprint density at radius 3 is 3.13 bits per heavy atom. The first-order valence-electron chi connectivity index (χ1n) is 4.77. The van der Waals surface area contributed by atoms with Gasteiger partial charge in [-0.1, -0.05) is 0 Å². The van der Waals surface area contributed by atoms with E-state index in [-0.39, 0.29) is 6.61 Å². The molecule has 80 valence electrons. The third-order valence-corrected chi connectivity index (χ3v) is 2.21. The van der Waals surface area contributed by atoms with Crippen molar-refractivity contribution in [2.24, 2.45) is 0 Å². The first-order chi connectivity index (χ1) is 7.35. The number of nitrogens with zero attached hydrogens (tertiary/aromatic N) is 3. The van der Waals surface area contributed by atoms with E-state index in [9.17, 15) is 0 Å². The van der Waals surface area contributed by atoms with Crippen molar-refractivity contribution in [3.8, 4) is 0 Å². The quantitative estimate of drug-likeness (QED) is 0.789. The molecule has 0 aliphatic carbocycles. The van der Waals surface area contributed by atoms with Crippen molar-refractivity contribution in [2.45, 2.75) is 13.0 Å². The molecule has 2 heterocycles. The van der Waals surface area contributed by atoms with Crippen LogP contribution in [-0.4, -0.2) is 33.4 Å². The summed E-state index contributed by atoms with van der Waals surface area (Å²) in [4.78, 5) is 4.41. The molecule has 0 amide bonds. The van der Waals surface area contributed by atoms with E-state index in [4.69, 9.17) is 9.84 Å². The van der Waals surface area contributed by atoms with Crippen LogP contribution in [0.5, 0.6) is 0 Å². The van der Waals surface area contributed by atoms with Crippen molar-refractivity contribution in [3.05, 3.63) is 29.7 Å². The van der Waals surface area contributed by atoms with E-state index in [1.165, 1.54) is 0 Å². The molecule has 0 bridgehead atoms. The number of ether oxygens (including phenoxy) is 1. The molecule has 0 saturated carbocycles. The SMILES string of the molecule is COCc1nc2ccnn2cc1CCO. The largest absolute Gasteiger partial charge is 0.396 e. The number of aromatic nitrogens is 3. The van der Waals surface area contributed by atoms with Gasteiger partial charge in [0, 0.05) is 26.0 Å². The smallest absolute Gasteiger partial charge is 0.155 e. The van der Waals surface area contributed by atoms with Crippen LogP contribution >= 0.6 is 0 Å². The summed E-state index contributed by atoms with van der Waals surface area (Å²) in [5.41, 5.74) is 2.62. The molecule has 0 aromatic carbocycles. The van der Waals surface area contributed by atoms with Crippen molar-refractivity contribution >= 4 is 5.65 Å². The zero-order chi connectivity index (χ0) is 10.7. The summed E-state index contributed by atoms with van der Waals surface area (Å²) in [7, 11) is 1.63. The molecule has 0 spiro atoms. The Hall–Kier alpha value is -1.46. The summed E-state index contributed by atoms with van der Waals surface area (Å²) >= 11 is 0. The number of aliphatic hydroxyl groups is 1. The molecule has 0 unspecified atom stereocenters. The Kier molecular flexibility index (Phi) is 2.94. The Morgan fingerprint density at radius 1 is 1.53 bits per heavy atom. The zero-order valence-electron chi connectivity index (χ0n) is 8.55. The fraction of sp³-hybridized carbons (Fsp3) is 0.400. The van der Waals surface area contributed by atoms with Crippen LogP contribution in [-0.2, 0) is 17.8 Å². The van der Waals surface area contributed by atoms with Crippen molar-refractivity contribution in [3.63, 3.8) is 0 Å². The molecule has 1 N–H and O–H groups in total. The van der Waals surface area contributed by atoms with Gasteiger partial charge in [0.2, 0.25) is 0 Å². The van der Waals surface area contributed by atoms with E-state index in [1.807, 2.05) is 12.3 Å². The van der Waals surface area contributed by atoms with E-state index < -0.39 is 0 Å². The summed E-state index contributed by atoms with van der Waals surface area (Å²) in [6, 6.07) is 1.84. The summed E-state index contributed by atoms with van der Waals surface area (Å²) in [6.45, 7) is 0.558. The summed E-state index contributed by atoms with van der Waals surface area (Å²) < 4.78 is 6.77. The van der Waals surface area contributed by atoms with E-state index in [0.717, 1.165) is 16.9 Å². The number of hydrogen-bond acceptors (Lipinski definition) is 4. The maximum atomic E-state index is 8.94. The number of fused-ring (bicyclic) bond motifs is 1. The minimum absolute atomic E-state index is 0.102. The molecule has 2 rings (SSSR count). The van der Waals surface area contributed by atoms with E-state index in [0.29, 0.717) is 13.0 Å². The van der Waals surface area contributed by atoms with Gasteiger partial charge in [-0.05, 0) is 12.0 Å². The Bertz CT molecular complexity index is 413. The third kappa shape index (κ3) is 1.98. The number of methoxy groups -OCH3 is 1. The van der Waals surface area contributed by atoms with Crippen LogP contribution in [0.4, 0.5) is 0 Å². The highest BCUT2D eigenvalue weighted by Gasteiger charge is 2.06. The second kappa shape index (κ2) is 4.37. The maximum Gasteiger partial charge on any atom is 0.155 e. The topological polar surface area (TPSA) is 59.7 Å². The lowest BCUT2D eigenvalue weighted by Gasteiger charge is -2.07. The van der Waals surface area contributed by atoms with Crippen molar-refractivity contribution in [2.75, 3.05) is 13.7 Å². The van der Waals surface area contributed by atoms with Gasteiger partial charge in [0.05, 0.1) is 18.5 Å². The maximum absolute atomic E-state index is 8.94. The highest BCUT2D eigenvalue weighted by atomic mass is 16.5. The molecule has 5 nitrogen and oxygen atoms in total. The number of hydrogen-bond donors (Lipinski definition) is 1. The second-order valence-corrected chi connectivity index (χ2v) is 3.25. The Balaban J connectivity index is 2.47. The van der Waals surface area contributed by atoms with Gasteiger partial charge in [-0.2, -0.15) is 5.10 Å². The van der Waals surface area contributed by atoms with E-state index in [1.54, 1.807) is 17.8 Å². The average molecular weight is 207 g/mol. The van der Waals surface area contributed by atoms with Gasteiger partial charge >= 0.3 is 0 Å². The average Bonchev–Trinajstić information content (AvgIpc) is 2.66. The highest BCUT2D eigenvalue weighted by molar-refractivity contribution is 5.38. The lowest BCUT2D eigenvalue weighted by molar-refractivity contribution is 0.180. The van der Waals surface area contributed by atoms with Gasteiger partial charge in [-0.25, -0.2) is 9.50 Å². The van der Waals surface area contributed by atoms with Gasteiger partial charge in [0.1, 0.15) is 0 Å². The monoisotopic (exact) mass is 207 g/mol. The number of aliphatic hydroxyl groups excluding tert-OH is 1. The van der Waals surface area contributed by atoms with Gasteiger partial charge < -0.3 is 9.84 Å². The predicted molar refractivity (Wildman–Crippen MR) is 54.5 cm³/mol. The van der Waals surface area contributed by atoms with Gasteiger partial charge in [0.25, 0.3) is 0 Å². The van der Waals surface area contributed by atoms with Crippen molar-refractivity contribution < 1.29 is 9.84 Å². The summed E-state index contributed by atoms with van der Waals surface area (Å²) in [5.74, 6) is 0. The standard InChI is InChI=1S/C10H13N3O2/c1-15-7-9-8(3-5-14)6-13-10(12-9)2-4-11-13/h2,4,6,14H,3,5,7H2,1H3. The van der Waals surface area contributed by atoms with E-state index in [2.05, 4.69) is 10.1 Å². The molecule has 0 aliphatic heterocycles. The molecule has 5 heteroatoms. The first kappa shape index (κ1) is 10.1. The van der Waals surface area contributed by atoms with Crippen molar-refractivity contribution in [1.82, 2.24) is 14.6 Å². The molecule has 2 aromatic rings. The summed E-state index contributed by atoms with van der Waals surface area (Å²) in [5, 5.41) is 13.0. The second-order valence-electron chi connectivity index (χ2n) is 3.25. The van der Waals surface area contributed by atoms with Crippen LogP contribution in [0, 0.1) is 0 Å². The molecule has 15 heavy (non-hydrogen) atoms. The Labute approximate surface area is 87.3 Å². The first-order valence-corrected chi connectivity index (χ1v) is 4.77. The highest BCUT2D eigenvalue weighted by Crippen LogP contribution is 2.10. The molecule has 0 saturated heterocycles. The molecule has 0 aliphatic rings. The molecular weight excluding hydrogens is 194 g/mol. The minimum atomic E-state index is 0.102. The lowest BCUT2D eigenvalue weighted by atomic mass is 10.2. The van der Waals surface area contributed by atoms with Gasteiger partial charge in [-0.15, -0.1) is 0 Å².